The summed E-state index contributed by atoms with van der Waals surface area (Å²) in [5.74, 6) is 18.9. The first-order valence-electron chi connectivity index (χ1n) is 41.8. The highest BCUT2D eigenvalue weighted by molar-refractivity contribution is 5.98. The van der Waals surface area contributed by atoms with E-state index in [4.69, 9.17) is 15.9 Å². The zero-order chi connectivity index (χ0) is 71.5. The van der Waals surface area contributed by atoms with Crippen LogP contribution in [-0.2, 0) is 9.47 Å². The predicted molar refractivity (Wildman–Crippen MR) is 421 cm³/mol. The lowest BCUT2D eigenvalue weighted by Gasteiger charge is -2.58. The average molecular weight is 1380 g/mol. The molecule has 0 heterocycles. The van der Waals surface area contributed by atoms with Crippen molar-refractivity contribution < 1.29 is 19.1 Å². The number of ether oxygens (including phenoxy) is 2. The SMILES string of the molecule is C#Cc1cc(C(=O)OC2CC[C@@]3(C)C(=CC[C@H]4[C@@H]5CC[C@H]([C@H](C)CCCC(C)C)[C@@]5(C)CC[C@@H]43)C2)c(C#Cc2c3c(cc4c2C2c5ccccc5C4c4ccccc42)C2c4ccccc4C3c3ccccc32)cc1C(=O)OC1CC[C@@]2(C)C(=CC[C@H]3[C@@H]4CC[C@H]([C@H](C)CCCC(C)C)[C@@]4(C)CC[C@@H]32)C1. The van der Waals surface area contributed by atoms with Crippen molar-refractivity contribution in [3.05, 3.63) is 233 Å². The first-order chi connectivity index (χ1) is 50.3. The van der Waals surface area contributed by atoms with Gasteiger partial charge in [0.05, 0.1) is 11.1 Å². The van der Waals surface area contributed by atoms with Gasteiger partial charge in [0.25, 0.3) is 0 Å². The van der Waals surface area contributed by atoms with Crippen molar-refractivity contribution in [3.63, 3.8) is 0 Å². The Morgan fingerprint density at radius 3 is 1.22 bits per heavy atom. The molecule has 16 atom stereocenters. The van der Waals surface area contributed by atoms with Gasteiger partial charge in [0.1, 0.15) is 12.2 Å². The largest absolute Gasteiger partial charge is 0.458 e. The van der Waals surface area contributed by atoms with Crippen LogP contribution in [0.5, 0.6) is 0 Å². The maximum atomic E-state index is 15.8. The van der Waals surface area contributed by atoms with Gasteiger partial charge in [-0.05, 0) is 261 Å². The highest BCUT2D eigenvalue weighted by Gasteiger charge is 2.62. The summed E-state index contributed by atoms with van der Waals surface area (Å²) >= 11 is 0. The monoisotopic (exact) mass is 1380 g/mol. The molecule has 0 N–H and O–H groups in total. The van der Waals surface area contributed by atoms with Crippen LogP contribution in [0.3, 0.4) is 0 Å². The molecule has 6 fully saturated rings. The van der Waals surface area contributed by atoms with Crippen LogP contribution in [0, 0.1) is 117 Å². The molecule has 538 valence electrons. The van der Waals surface area contributed by atoms with Crippen molar-refractivity contribution in [1.29, 1.82) is 0 Å². The van der Waals surface area contributed by atoms with Crippen LogP contribution in [0.25, 0.3) is 0 Å². The van der Waals surface area contributed by atoms with Gasteiger partial charge in [-0.15, -0.1) is 6.42 Å². The third kappa shape index (κ3) is 10.7. The minimum atomic E-state index is -0.441. The van der Waals surface area contributed by atoms with Crippen LogP contribution in [0.4, 0.5) is 0 Å². The fourth-order valence-corrected chi connectivity index (χ4v) is 27.3. The molecule has 0 amide bonds. The summed E-state index contributed by atoms with van der Waals surface area (Å²) in [5.41, 5.74) is 22.3. The minimum absolute atomic E-state index is 0.0232. The molecule has 0 saturated heterocycles. The van der Waals surface area contributed by atoms with E-state index in [2.05, 4.69) is 202 Å². The summed E-state index contributed by atoms with van der Waals surface area (Å²) in [7, 11) is 0. The highest BCUT2D eigenvalue weighted by Crippen LogP contribution is 2.71. The second-order valence-corrected chi connectivity index (χ2v) is 38.0. The molecule has 6 aromatic rings. The Morgan fingerprint density at radius 2 is 0.827 bits per heavy atom. The van der Waals surface area contributed by atoms with E-state index in [0.717, 1.165) is 110 Å². The smallest absolute Gasteiger partial charge is 0.339 e. The molecular formula is C100H114O4. The quantitative estimate of drug-likeness (QED) is 0.0618. The Morgan fingerprint density at radius 1 is 0.442 bits per heavy atom. The molecule has 20 rings (SSSR count). The molecule has 6 saturated carbocycles. The molecule has 14 aliphatic rings. The number of esters is 2. The Hall–Kier alpha value is -7.14. The lowest BCUT2D eigenvalue weighted by atomic mass is 9.47. The molecule has 4 heteroatoms. The van der Waals surface area contributed by atoms with Gasteiger partial charge in [0.2, 0.25) is 0 Å². The molecule has 0 spiro atoms. The highest BCUT2D eigenvalue weighted by atomic mass is 16.5. The summed E-state index contributed by atoms with van der Waals surface area (Å²) in [6.45, 7) is 25.2. The van der Waals surface area contributed by atoms with Crippen molar-refractivity contribution in [2.24, 2.45) is 92.7 Å². The molecule has 4 nitrogen and oxygen atoms in total. The van der Waals surface area contributed by atoms with Crippen LogP contribution in [0.1, 0.15) is 338 Å². The first kappa shape index (κ1) is 68.7. The van der Waals surface area contributed by atoms with Crippen LogP contribution >= 0.6 is 0 Å². The van der Waals surface area contributed by atoms with Crippen LogP contribution in [-0.4, -0.2) is 24.1 Å². The number of terminal acetylenes is 1. The van der Waals surface area contributed by atoms with Gasteiger partial charge in [0, 0.05) is 53.2 Å². The van der Waals surface area contributed by atoms with Crippen molar-refractivity contribution in [3.8, 4) is 24.2 Å². The summed E-state index contributed by atoms with van der Waals surface area (Å²) in [5, 5.41) is 0. The van der Waals surface area contributed by atoms with Crippen molar-refractivity contribution in [2.75, 3.05) is 0 Å². The third-order valence-corrected chi connectivity index (χ3v) is 32.3. The molecule has 0 aliphatic heterocycles. The maximum Gasteiger partial charge on any atom is 0.339 e. The fourth-order valence-electron chi connectivity index (χ4n) is 27.3. The second kappa shape index (κ2) is 26.1. The van der Waals surface area contributed by atoms with Gasteiger partial charge in [-0.25, -0.2) is 9.59 Å². The van der Waals surface area contributed by atoms with Gasteiger partial charge < -0.3 is 9.47 Å². The zero-order valence-electron chi connectivity index (χ0n) is 64.3. The topological polar surface area (TPSA) is 52.6 Å². The molecule has 0 aromatic heterocycles. The van der Waals surface area contributed by atoms with Gasteiger partial charge in [0.15, 0.2) is 0 Å². The normalized spacial score (nSPS) is 34.2. The number of rotatable bonds is 14. The van der Waals surface area contributed by atoms with Crippen LogP contribution in [0.2, 0.25) is 0 Å². The number of benzene rings is 6. The first-order valence-corrected chi connectivity index (χ1v) is 41.8. The molecule has 4 bridgehead atoms. The van der Waals surface area contributed by atoms with E-state index in [1.165, 1.54) is 168 Å². The molecule has 0 radical (unpaired) electrons. The number of fused-ring (bicyclic) bond motifs is 10. The lowest BCUT2D eigenvalue weighted by molar-refractivity contribution is -0.0595. The minimum Gasteiger partial charge on any atom is -0.458 e. The number of hydrogen-bond donors (Lipinski definition) is 0. The number of allylic oxidation sites excluding steroid dienone is 2. The standard InChI is InChI=1S/C100H114O4/c1-12-62-53-80(96(102)104-67-46-50-98(9)65(56-67)37-40-77-86-44-42-84(61(7)26-22-24-59(4)5)100(86,11)52-48-88(77)98)63(54-79(62)95(101)103-66-45-49-97(8)64(55-66)36-39-76-85-43-41-83(60(6)25-21-23-58(2)3)99(85,10)51-47-87(76)97)35-38-78-93-81(89-68-27-13-17-31-72(68)91(93)73-32-18-14-28-69(73)89)57-82-90-70-29-15-19-33-74(70)92(94(78)82)75-34-20-16-30-71(75)90/h1,13-20,27-34,36-37,53-54,57-61,66-67,76-77,83-92H,21-26,39-52,55-56H2,2-11H3/t60-,61-,66?,67?,76+,77+,83-,84-,85+,86+,87+,88+,89?,90?,91?,92?,97+,98+,99-,100-/m1/s1. The summed E-state index contributed by atoms with van der Waals surface area (Å²) < 4.78 is 13.8. The molecule has 2 unspecified atom stereocenters. The average Bonchev–Trinajstić information content (AvgIpc) is 0.856. The van der Waals surface area contributed by atoms with Gasteiger partial charge >= 0.3 is 11.9 Å². The van der Waals surface area contributed by atoms with E-state index in [9.17, 15) is 0 Å². The van der Waals surface area contributed by atoms with E-state index in [0.29, 0.717) is 45.3 Å². The van der Waals surface area contributed by atoms with Gasteiger partial charge in [-0.1, -0.05) is 252 Å². The molecule has 14 aliphatic carbocycles. The zero-order valence-corrected chi connectivity index (χ0v) is 64.3. The summed E-state index contributed by atoms with van der Waals surface area (Å²) in [6.07, 6.45) is 37.5. The van der Waals surface area contributed by atoms with Gasteiger partial charge in [-0.2, -0.15) is 0 Å². The van der Waals surface area contributed by atoms with Crippen molar-refractivity contribution >= 4 is 11.9 Å². The Kier molecular flexibility index (Phi) is 17.2. The van der Waals surface area contributed by atoms with E-state index >= 15 is 9.59 Å². The van der Waals surface area contributed by atoms with E-state index in [1.807, 2.05) is 6.07 Å². The number of carbonyl (C=O) groups excluding carboxylic acids is 2. The molecular weight excluding hydrogens is 1270 g/mol. The van der Waals surface area contributed by atoms with Crippen molar-refractivity contribution in [1.82, 2.24) is 0 Å². The van der Waals surface area contributed by atoms with Crippen LogP contribution in [0.15, 0.2) is 139 Å². The number of hydrogen-bond acceptors (Lipinski definition) is 4. The van der Waals surface area contributed by atoms with Crippen LogP contribution < -0.4 is 0 Å². The lowest BCUT2D eigenvalue weighted by Crippen LogP contribution is -2.51. The summed E-state index contributed by atoms with van der Waals surface area (Å²) in [6, 6.07) is 42.5. The maximum absolute atomic E-state index is 15.8. The Bertz CT molecular complexity index is 4400. The Labute approximate surface area is 623 Å². The molecule has 6 aromatic carbocycles. The summed E-state index contributed by atoms with van der Waals surface area (Å²) in [4.78, 5) is 31.3. The van der Waals surface area contributed by atoms with E-state index in [-0.39, 0.29) is 52.3 Å². The van der Waals surface area contributed by atoms with E-state index in [1.54, 1.807) is 6.07 Å². The second-order valence-electron chi connectivity index (χ2n) is 38.0. The predicted octanol–water partition coefficient (Wildman–Crippen LogP) is 24.2. The van der Waals surface area contributed by atoms with E-state index < -0.39 is 11.9 Å². The third-order valence-electron chi connectivity index (χ3n) is 32.3. The van der Waals surface area contributed by atoms with Gasteiger partial charge in [-0.3, -0.25) is 0 Å². The van der Waals surface area contributed by atoms with Crippen molar-refractivity contribution in [2.45, 2.75) is 246 Å². The number of carbonyl (C=O) groups is 2. The molecule has 104 heavy (non-hydrogen) atoms. The fraction of sp³-hybridized carbons (Fsp3) is 0.540. The Balaban J connectivity index is 0.691.